The van der Waals surface area contributed by atoms with E-state index < -0.39 is 0 Å². The van der Waals surface area contributed by atoms with Crippen molar-refractivity contribution < 1.29 is 0 Å². The first-order chi connectivity index (χ1) is 9.15. The Kier molecular flexibility index (Phi) is 4.37. The maximum atomic E-state index is 6.24. The Hall–Kier alpha value is -1.62. The normalized spacial score (nSPS) is 13.1. The van der Waals surface area contributed by atoms with Gasteiger partial charge in [0.2, 0.25) is 0 Å². The Morgan fingerprint density at radius 1 is 1.32 bits per heavy atom. The molecule has 0 saturated carbocycles. The van der Waals surface area contributed by atoms with Crippen LogP contribution in [-0.4, -0.2) is 27.2 Å². The van der Waals surface area contributed by atoms with Crippen LogP contribution in [0.25, 0.3) is 5.65 Å². The molecule has 0 bridgehead atoms. The van der Waals surface area contributed by atoms with Crippen LogP contribution < -0.4 is 11.1 Å². The van der Waals surface area contributed by atoms with E-state index in [-0.39, 0.29) is 6.04 Å². The number of nitrogens with two attached hydrogens (primary N) is 1. The van der Waals surface area contributed by atoms with Crippen molar-refractivity contribution in [3.05, 3.63) is 24.0 Å². The number of anilines is 1. The third kappa shape index (κ3) is 3.04. The summed E-state index contributed by atoms with van der Waals surface area (Å²) < 4.78 is 1.81. The highest BCUT2D eigenvalue weighted by molar-refractivity contribution is 5.51. The molecule has 2 aromatic rings. The van der Waals surface area contributed by atoms with E-state index in [2.05, 4.69) is 42.2 Å². The van der Waals surface area contributed by atoms with Crippen molar-refractivity contribution in [2.45, 2.75) is 39.7 Å². The molecule has 1 atom stereocenters. The molecule has 1 unspecified atom stereocenters. The molecule has 19 heavy (non-hydrogen) atoms. The molecule has 0 fully saturated rings. The summed E-state index contributed by atoms with van der Waals surface area (Å²) in [5.74, 6) is 1.51. The van der Waals surface area contributed by atoms with Crippen LogP contribution in [0.3, 0.4) is 0 Å². The maximum Gasteiger partial charge on any atom is 0.157 e. The van der Waals surface area contributed by atoms with Crippen molar-refractivity contribution in [2.75, 3.05) is 11.9 Å². The highest BCUT2D eigenvalue weighted by Crippen LogP contribution is 2.15. The van der Waals surface area contributed by atoms with E-state index in [1.807, 2.05) is 10.6 Å². The third-order valence-electron chi connectivity index (χ3n) is 3.70. The summed E-state index contributed by atoms with van der Waals surface area (Å²) in [6.07, 6.45) is 3.80. The smallest absolute Gasteiger partial charge is 0.157 e. The van der Waals surface area contributed by atoms with Crippen LogP contribution in [-0.2, 0) is 0 Å². The van der Waals surface area contributed by atoms with Crippen molar-refractivity contribution >= 4 is 11.5 Å². The summed E-state index contributed by atoms with van der Waals surface area (Å²) in [5.41, 5.74) is 8.26. The van der Waals surface area contributed by atoms with Crippen LogP contribution in [0.15, 0.2) is 18.5 Å². The van der Waals surface area contributed by atoms with Crippen molar-refractivity contribution in [3.63, 3.8) is 0 Å². The van der Waals surface area contributed by atoms with Crippen LogP contribution in [0.1, 0.15) is 32.3 Å². The zero-order valence-electron chi connectivity index (χ0n) is 11.9. The number of aromatic nitrogens is 3. The molecule has 5 heteroatoms. The standard InChI is InChI=1S/C14H23N5/c1-4-11(5-2)12(15)8-16-13-6-10(3)7-14-17-9-18-19(13)14/h6-7,9,11-12,16H,4-5,8,15H2,1-3H3. The second-order valence-corrected chi connectivity index (χ2v) is 5.07. The van der Waals surface area contributed by atoms with Gasteiger partial charge in [-0.15, -0.1) is 0 Å². The van der Waals surface area contributed by atoms with Gasteiger partial charge in [-0.05, 0) is 30.5 Å². The maximum absolute atomic E-state index is 6.24. The average molecular weight is 261 g/mol. The van der Waals surface area contributed by atoms with Gasteiger partial charge >= 0.3 is 0 Å². The van der Waals surface area contributed by atoms with Crippen molar-refractivity contribution in [1.29, 1.82) is 0 Å². The number of pyridine rings is 1. The molecule has 0 saturated heterocycles. The van der Waals surface area contributed by atoms with Crippen LogP contribution in [0.2, 0.25) is 0 Å². The molecular formula is C14H23N5. The Morgan fingerprint density at radius 2 is 2.05 bits per heavy atom. The van der Waals surface area contributed by atoms with Gasteiger partial charge in [-0.1, -0.05) is 26.7 Å². The molecule has 0 aliphatic heterocycles. The van der Waals surface area contributed by atoms with Crippen LogP contribution >= 0.6 is 0 Å². The summed E-state index contributed by atoms with van der Waals surface area (Å²) in [4.78, 5) is 4.22. The Morgan fingerprint density at radius 3 is 2.74 bits per heavy atom. The fourth-order valence-corrected chi connectivity index (χ4v) is 2.47. The second-order valence-electron chi connectivity index (χ2n) is 5.07. The molecule has 0 aromatic carbocycles. The van der Waals surface area contributed by atoms with Gasteiger partial charge in [-0.3, -0.25) is 0 Å². The lowest BCUT2D eigenvalue weighted by Crippen LogP contribution is -2.36. The van der Waals surface area contributed by atoms with Crippen LogP contribution in [0.5, 0.6) is 0 Å². The first-order valence-electron chi connectivity index (χ1n) is 6.95. The predicted octanol–water partition coefficient (Wildman–Crippen LogP) is 2.21. The van der Waals surface area contributed by atoms with E-state index in [0.29, 0.717) is 5.92 Å². The summed E-state index contributed by atoms with van der Waals surface area (Å²) in [6.45, 7) is 7.19. The summed E-state index contributed by atoms with van der Waals surface area (Å²) in [7, 11) is 0. The highest BCUT2D eigenvalue weighted by Gasteiger charge is 2.14. The van der Waals surface area contributed by atoms with Gasteiger partial charge in [-0.25, -0.2) is 4.98 Å². The molecule has 0 aliphatic rings. The van der Waals surface area contributed by atoms with Crippen molar-refractivity contribution in [3.8, 4) is 0 Å². The summed E-state index contributed by atoms with van der Waals surface area (Å²) in [6, 6.07) is 4.24. The predicted molar refractivity (Wildman–Crippen MR) is 78.3 cm³/mol. The average Bonchev–Trinajstić information content (AvgIpc) is 2.85. The van der Waals surface area contributed by atoms with Crippen LogP contribution in [0, 0.1) is 12.8 Å². The monoisotopic (exact) mass is 261 g/mol. The largest absolute Gasteiger partial charge is 0.368 e. The van der Waals surface area contributed by atoms with Gasteiger partial charge in [0.1, 0.15) is 12.1 Å². The number of hydrogen-bond donors (Lipinski definition) is 2. The van der Waals surface area contributed by atoms with Gasteiger partial charge < -0.3 is 11.1 Å². The minimum absolute atomic E-state index is 0.161. The van der Waals surface area contributed by atoms with Crippen LogP contribution in [0.4, 0.5) is 5.82 Å². The lowest BCUT2D eigenvalue weighted by molar-refractivity contribution is 0.407. The molecule has 2 aromatic heterocycles. The first-order valence-corrected chi connectivity index (χ1v) is 6.95. The van der Waals surface area contributed by atoms with E-state index >= 15 is 0 Å². The topological polar surface area (TPSA) is 68.2 Å². The molecule has 0 radical (unpaired) electrons. The zero-order chi connectivity index (χ0) is 13.8. The van der Waals surface area contributed by atoms with Gasteiger partial charge in [0, 0.05) is 12.6 Å². The molecular weight excluding hydrogens is 238 g/mol. The molecule has 2 rings (SSSR count). The van der Waals surface area contributed by atoms with E-state index in [4.69, 9.17) is 5.73 Å². The van der Waals surface area contributed by atoms with Gasteiger partial charge in [0.05, 0.1) is 0 Å². The van der Waals surface area contributed by atoms with E-state index in [9.17, 15) is 0 Å². The van der Waals surface area contributed by atoms with E-state index in [1.54, 1.807) is 6.33 Å². The molecule has 2 heterocycles. The summed E-state index contributed by atoms with van der Waals surface area (Å²) in [5, 5.41) is 7.62. The van der Waals surface area contributed by atoms with Gasteiger partial charge in [0.25, 0.3) is 0 Å². The fraction of sp³-hybridized carbons (Fsp3) is 0.571. The summed E-state index contributed by atoms with van der Waals surface area (Å²) >= 11 is 0. The number of hydrogen-bond acceptors (Lipinski definition) is 4. The van der Waals surface area contributed by atoms with Crippen molar-refractivity contribution in [1.82, 2.24) is 14.6 Å². The number of aryl methyl sites for hydroxylation is 1. The third-order valence-corrected chi connectivity index (χ3v) is 3.70. The van der Waals surface area contributed by atoms with E-state index in [0.717, 1.165) is 30.9 Å². The molecule has 0 aliphatic carbocycles. The molecule has 0 spiro atoms. The first kappa shape index (κ1) is 13.8. The quantitative estimate of drug-likeness (QED) is 0.836. The van der Waals surface area contributed by atoms with Gasteiger partial charge in [0.15, 0.2) is 5.65 Å². The zero-order valence-corrected chi connectivity index (χ0v) is 11.9. The Balaban J connectivity index is 2.11. The lowest BCUT2D eigenvalue weighted by Gasteiger charge is -2.22. The number of nitrogens with zero attached hydrogens (tertiary/aromatic N) is 3. The lowest BCUT2D eigenvalue weighted by atomic mass is 9.95. The number of fused-ring (bicyclic) bond motifs is 1. The molecule has 5 nitrogen and oxygen atoms in total. The molecule has 104 valence electrons. The second kappa shape index (κ2) is 6.02. The Labute approximate surface area is 114 Å². The highest BCUT2D eigenvalue weighted by atomic mass is 15.3. The fourth-order valence-electron chi connectivity index (χ4n) is 2.47. The molecule has 0 amide bonds. The van der Waals surface area contributed by atoms with Gasteiger partial charge in [-0.2, -0.15) is 9.61 Å². The van der Waals surface area contributed by atoms with E-state index in [1.165, 1.54) is 5.56 Å². The minimum Gasteiger partial charge on any atom is -0.368 e. The number of nitrogens with one attached hydrogen (secondary N) is 1. The number of rotatable bonds is 6. The SMILES string of the molecule is CCC(CC)C(N)CNc1cc(C)cc2ncnn12. The minimum atomic E-state index is 0.161. The van der Waals surface area contributed by atoms with Crippen molar-refractivity contribution in [2.24, 2.45) is 11.7 Å². The molecule has 3 N–H and O–H groups in total. The Bertz CT molecular complexity index is 530.